The Kier molecular flexibility index (Phi) is 9.47. The molecule has 10 nitrogen and oxygen atoms in total. The SMILES string of the molecule is COc1ccc(NS(=O)(=O)c2ccc(NC(=O)CCCN(c3ccc(Cl)cc3)S(C)(=O)=O)cc2)c(OC)c1. The molecule has 2 N–H and O–H groups in total. The number of carbonyl (C=O) groups excluding carboxylic acids is 1. The quantitative estimate of drug-likeness (QED) is 0.325. The van der Waals surface area contributed by atoms with E-state index in [1.807, 2.05) is 0 Å². The number of methoxy groups -OCH3 is 2. The molecule has 0 aliphatic carbocycles. The fourth-order valence-electron chi connectivity index (χ4n) is 3.50. The summed E-state index contributed by atoms with van der Waals surface area (Å²) in [5, 5.41) is 3.17. The molecule has 0 saturated heterocycles. The molecule has 0 aliphatic rings. The summed E-state index contributed by atoms with van der Waals surface area (Å²) in [6.45, 7) is 0.103. The number of rotatable bonds is 12. The predicted molar refractivity (Wildman–Crippen MR) is 148 cm³/mol. The van der Waals surface area contributed by atoms with Crippen molar-refractivity contribution in [1.82, 2.24) is 0 Å². The van der Waals surface area contributed by atoms with Crippen LogP contribution in [0.25, 0.3) is 0 Å². The van der Waals surface area contributed by atoms with E-state index in [1.54, 1.807) is 36.4 Å². The van der Waals surface area contributed by atoms with Crippen LogP contribution in [0.4, 0.5) is 17.1 Å². The molecule has 0 unspecified atom stereocenters. The van der Waals surface area contributed by atoms with Crippen molar-refractivity contribution in [3.05, 3.63) is 71.8 Å². The zero-order valence-corrected chi connectivity index (χ0v) is 23.4. The Morgan fingerprint density at radius 1 is 0.921 bits per heavy atom. The standard InChI is InChI=1S/C25H28ClN3O7S2/c1-35-21-12-15-23(24(17-21)36-2)28-38(33,34)22-13-8-19(9-14-22)27-25(30)5-4-16-29(37(3,31)32)20-10-6-18(26)7-11-20/h6-15,17,28H,4-5,16H2,1-3H3,(H,27,30). The van der Waals surface area contributed by atoms with E-state index < -0.39 is 20.0 Å². The lowest BCUT2D eigenvalue weighted by Crippen LogP contribution is -2.31. The Bertz CT molecular complexity index is 1480. The van der Waals surface area contributed by atoms with E-state index in [0.717, 1.165) is 6.26 Å². The summed E-state index contributed by atoms with van der Waals surface area (Å²) in [4.78, 5) is 12.4. The summed E-state index contributed by atoms with van der Waals surface area (Å²) in [5.74, 6) is 0.465. The molecule has 3 rings (SSSR count). The van der Waals surface area contributed by atoms with Gasteiger partial charge in [-0.2, -0.15) is 0 Å². The van der Waals surface area contributed by atoms with E-state index >= 15 is 0 Å². The number of amides is 1. The fourth-order valence-corrected chi connectivity index (χ4v) is 5.67. The Hall–Kier alpha value is -3.48. The van der Waals surface area contributed by atoms with Crippen LogP contribution in [-0.4, -0.2) is 49.8 Å². The molecule has 204 valence electrons. The fraction of sp³-hybridized carbons (Fsp3) is 0.240. The summed E-state index contributed by atoms with van der Waals surface area (Å²) in [7, 11) is -4.58. The predicted octanol–water partition coefficient (Wildman–Crippen LogP) is 4.34. The zero-order chi connectivity index (χ0) is 27.9. The summed E-state index contributed by atoms with van der Waals surface area (Å²) < 4.78 is 64.1. The van der Waals surface area contributed by atoms with E-state index in [1.165, 1.54) is 48.9 Å². The highest BCUT2D eigenvalue weighted by atomic mass is 35.5. The number of nitrogens with one attached hydrogen (secondary N) is 2. The first-order valence-electron chi connectivity index (χ1n) is 11.3. The third kappa shape index (κ3) is 7.76. The molecule has 3 aromatic carbocycles. The number of benzene rings is 3. The van der Waals surface area contributed by atoms with Gasteiger partial charge in [-0.1, -0.05) is 11.6 Å². The minimum Gasteiger partial charge on any atom is -0.497 e. The van der Waals surface area contributed by atoms with Gasteiger partial charge < -0.3 is 14.8 Å². The van der Waals surface area contributed by atoms with Gasteiger partial charge in [0.1, 0.15) is 11.5 Å². The van der Waals surface area contributed by atoms with E-state index in [2.05, 4.69) is 10.0 Å². The molecular formula is C25H28ClN3O7S2. The van der Waals surface area contributed by atoms with Crippen molar-refractivity contribution in [3.8, 4) is 11.5 Å². The Balaban J connectivity index is 1.59. The molecule has 0 spiro atoms. The van der Waals surface area contributed by atoms with Gasteiger partial charge in [0.25, 0.3) is 10.0 Å². The first-order chi connectivity index (χ1) is 17.9. The third-order valence-electron chi connectivity index (χ3n) is 5.38. The van der Waals surface area contributed by atoms with Crippen LogP contribution in [-0.2, 0) is 24.8 Å². The minimum atomic E-state index is -3.93. The van der Waals surface area contributed by atoms with Gasteiger partial charge in [0.2, 0.25) is 15.9 Å². The second-order valence-electron chi connectivity index (χ2n) is 8.16. The first kappa shape index (κ1) is 29.1. The smallest absolute Gasteiger partial charge is 0.262 e. The maximum absolute atomic E-state index is 12.8. The summed E-state index contributed by atoms with van der Waals surface area (Å²) in [5.41, 5.74) is 1.09. The van der Waals surface area contributed by atoms with Gasteiger partial charge in [-0.15, -0.1) is 0 Å². The third-order valence-corrected chi connectivity index (χ3v) is 8.21. The second kappa shape index (κ2) is 12.4. The Morgan fingerprint density at radius 3 is 2.16 bits per heavy atom. The first-order valence-corrected chi connectivity index (χ1v) is 15.0. The lowest BCUT2D eigenvalue weighted by molar-refractivity contribution is -0.116. The topological polar surface area (TPSA) is 131 Å². The largest absolute Gasteiger partial charge is 0.497 e. The van der Waals surface area contributed by atoms with Gasteiger partial charge in [0.05, 0.1) is 36.7 Å². The second-order valence-corrected chi connectivity index (χ2v) is 12.2. The number of carbonyl (C=O) groups is 1. The van der Waals surface area contributed by atoms with Gasteiger partial charge in [-0.3, -0.25) is 13.8 Å². The highest BCUT2D eigenvalue weighted by Crippen LogP contribution is 2.31. The monoisotopic (exact) mass is 581 g/mol. The number of halogens is 1. The van der Waals surface area contributed by atoms with Crippen LogP contribution in [0.3, 0.4) is 0 Å². The number of nitrogens with zero attached hydrogens (tertiary/aromatic N) is 1. The molecule has 0 fully saturated rings. The maximum Gasteiger partial charge on any atom is 0.262 e. The van der Waals surface area contributed by atoms with Crippen molar-refractivity contribution in [3.63, 3.8) is 0 Å². The number of hydrogen-bond acceptors (Lipinski definition) is 7. The van der Waals surface area contributed by atoms with Crippen LogP contribution in [0.5, 0.6) is 11.5 Å². The molecule has 0 atom stereocenters. The van der Waals surface area contributed by atoms with Crippen molar-refractivity contribution < 1.29 is 31.1 Å². The Labute approximate surface area is 227 Å². The molecule has 0 saturated carbocycles. The minimum absolute atomic E-state index is 0.0138. The van der Waals surface area contributed by atoms with Crippen LogP contribution in [0.15, 0.2) is 71.6 Å². The lowest BCUT2D eigenvalue weighted by atomic mass is 10.2. The molecule has 3 aromatic rings. The van der Waals surface area contributed by atoms with Crippen molar-refractivity contribution in [2.24, 2.45) is 0 Å². The van der Waals surface area contributed by atoms with E-state index in [0.29, 0.717) is 27.9 Å². The van der Waals surface area contributed by atoms with E-state index in [9.17, 15) is 21.6 Å². The molecule has 38 heavy (non-hydrogen) atoms. The van der Waals surface area contributed by atoms with Gasteiger partial charge in [-0.05, 0) is 67.1 Å². The number of sulfonamides is 2. The lowest BCUT2D eigenvalue weighted by Gasteiger charge is -2.22. The van der Waals surface area contributed by atoms with Crippen LogP contribution in [0, 0.1) is 0 Å². The highest BCUT2D eigenvalue weighted by molar-refractivity contribution is 7.92. The van der Waals surface area contributed by atoms with Crippen LogP contribution in [0.2, 0.25) is 5.02 Å². The highest BCUT2D eigenvalue weighted by Gasteiger charge is 2.19. The van der Waals surface area contributed by atoms with E-state index in [-0.39, 0.29) is 35.9 Å². The number of hydrogen-bond donors (Lipinski definition) is 2. The molecule has 0 aromatic heterocycles. The molecule has 0 heterocycles. The summed E-state index contributed by atoms with van der Waals surface area (Å²) >= 11 is 5.88. The summed E-state index contributed by atoms with van der Waals surface area (Å²) in [6.07, 6.45) is 1.41. The van der Waals surface area contributed by atoms with Gasteiger partial charge in [-0.25, -0.2) is 16.8 Å². The maximum atomic E-state index is 12.8. The van der Waals surface area contributed by atoms with Crippen molar-refractivity contribution in [2.45, 2.75) is 17.7 Å². The molecule has 0 radical (unpaired) electrons. The number of anilines is 3. The summed E-state index contributed by atoms with van der Waals surface area (Å²) in [6, 6.07) is 16.7. The van der Waals surface area contributed by atoms with Gasteiger partial charge >= 0.3 is 0 Å². The molecule has 1 amide bonds. The van der Waals surface area contributed by atoms with Crippen molar-refractivity contribution >= 4 is 54.6 Å². The van der Waals surface area contributed by atoms with Crippen LogP contribution in [0.1, 0.15) is 12.8 Å². The molecule has 0 bridgehead atoms. The van der Waals surface area contributed by atoms with Crippen LogP contribution >= 0.6 is 11.6 Å². The van der Waals surface area contributed by atoms with Crippen LogP contribution < -0.4 is 23.8 Å². The van der Waals surface area contributed by atoms with Crippen molar-refractivity contribution in [1.29, 1.82) is 0 Å². The molecule has 0 aliphatic heterocycles. The zero-order valence-electron chi connectivity index (χ0n) is 21.0. The Morgan fingerprint density at radius 2 is 1.58 bits per heavy atom. The molecular weight excluding hydrogens is 554 g/mol. The average molecular weight is 582 g/mol. The van der Waals surface area contributed by atoms with E-state index in [4.69, 9.17) is 21.1 Å². The molecule has 13 heteroatoms. The van der Waals surface area contributed by atoms with Gasteiger partial charge in [0.15, 0.2) is 0 Å². The van der Waals surface area contributed by atoms with Gasteiger partial charge in [0, 0.05) is 29.7 Å². The normalized spacial score (nSPS) is 11.5. The number of ether oxygens (including phenoxy) is 2. The van der Waals surface area contributed by atoms with Crippen molar-refractivity contribution in [2.75, 3.05) is 41.4 Å². The average Bonchev–Trinajstić information content (AvgIpc) is 2.87.